The molecule has 0 heterocycles. The first kappa shape index (κ1) is 24.6. The zero-order valence-corrected chi connectivity index (χ0v) is 20.3. The average Bonchev–Trinajstić information content (AvgIpc) is 2.71. The molecule has 0 aromatic heterocycles. The highest BCUT2D eigenvalue weighted by molar-refractivity contribution is 9.10. The summed E-state index contributed by atoms with van der Waals surface area (Å²) >= 11 is 8.42. The second-order valence-corrected chi connectivity index (χ2v) is 8.34. The minimum absolute atomic E-state index is 0.0563. The molecular weight excluding hydrogens is 482 g/mol. The van der Waals surface area contributed by atoms with Crippen molar-refractivity contribution in [2.24, 2.45) is 0 Å². The van der Waals surface area contributed by atoms with Crippen molar-refractivity contribution in [1.29, 1.82) is 0 Å². The molecule has 0 unspecified atom stereocenters. The van der Waals surface area contributed by atoms with Crippen LogP contribution in [0.5, 0.6) is 11.5 Å². The average molecular weight is 508 g/mol. The molecule has 0 aliphatic heterocycles. The van der Waals surface area contributed by atoms with Gasteiger partial charge in [-0.1, -0.05) is 41.9 Å². The van der Waals surface area contributed by atoms with Crippen molar-refractivity contribution >= 4 is 45.1 Å². The first-order valence-electron chi connectivity index (χ1n) is 9.77. The fourth-order valence-electron chi connectivity index (χ4n) is 2.71. The van der Waals surface area contributed by atoms with Gasteiger partial charge in [-0.25, -0.2) is 0 Å². The van der Waals surface area contributed by atoms with E-state index in [0.29, 0.717) is 23.7 Å². The molecule has 0 radical (unpaired) electrons. The maximum Gasteiger partial charge on any atom is 0.276 e. The minimum atomic E-state index is -0.464. The predicted octanol–water partition coefficient (Wildman–Crippen LogP) is 3.99. The van der Waals surface area contributed by atoms with Crippen LogP contribution in [0, 0.1) is 6.92 Å². The molecule has 0 bridgehead atoms. The third-order valence-electron chi connectivity index (χ3n) is 4.18. The SMILES string of the molecule is CCOc1ccc(Br)cc1C(=O)NC(=S)NNC(=O)COc1cc(C)ccc1C(C)C. The number of thiocarbonyl (C=S) groups is 1. The molecule has 0 fully saturated rings. The second-order valence-electron chi connectivity index (χ2n) is 7.01. The Bertz CT molecular complexity index is 966. The van der Waals surface area contributed by atoms with Crippen molar-refractivity contribution < 1.29 is 19.1 Å². The van der Waals surface area contributed by atoms with Gasteiger partial charge < -0.3 is 9.47 Å². The van der Waals surface area contributed by atoms with Crippen LogP contribution in [0.25, 0.3) is 0 Å². The summed E-state index contributed by atoms with van der Waals surface area (Å²) in [5, 5.41) is 2.45. The number of halogens is 1. The molecule has 0 atom stereocenters. The van der Waals surface area contributed by atoms with Crippen molar-refractivity contribution in [1.82, 2.24) is 16.2 Å². The molecule has 0 saturated heterocycles. The van der Waals surface area contributed by atoms with Crippen molar-refractivity contribution in [3.8, 4) is 11.5 Å². The van der Waals surface area contributed by atoms with Gasteiger partial charge in [-0.3, -0.25) is 25.8 Å². The standard InChI is InChI=1S/C22H26BrN3O4S/c1-5-29-18-9-7-15(23)11-17(18)21(28)24-22(31)26-25-20(27)12-30-19-10-14(4)6-8-16(19)13(2)3/h6-11,13H,5,12H2,1-4H3,(H,25,27)(H2,24,26,28,31). The molecule has 31 heavy (non-hydrogen) atoms. The molecule has 9 heteroatoms. The molecular formula is C22H26BrN3O4S. The number of carbonyl (C=O) groups is 2. The third kappa shape index (κ3) is 7.52. The summed E-state index contributed by atoms with van der Waals surface area (Å²) < 4.78 is 11.9. The molecule has 3 N–H and O–H groups in total. The number of hydrazine groups is 1. The summed E-state index contributed by atoms with van der Waals surface area (Å²) in [7, 11) is 0. The lowest BCUT2D eigenvalue weighted by atomic mass is 10.0. The van der Waals surface area contributed by atoms with E-state index < -0.39 is 11.8 Å². The van der Waals surface area contributed by atoms with Crippen molar-refractivity contribution in [2.75, 3.05) is 13.2 Å². The first-order valence-corrected chi connectivity index (χ1v) is 11.0. The van der Waals surface area contributed by atoms with Gasteiger partial charge in [-0.15, -0.1) is 0 Å². The van der Waals surface area contributed by atoms with Gasteiger partial charge >= 0.3 is 0 Å². The summed E-state index contributed by atoms with van der Waals surface area (Å²) in [4.78, 5) is 24.6. The van der Waals surface area contributed by atoms with Gasteiger partial charge in [-0.2, -0.15) is 0 Å². The summed E-state index contributed by atoms with van der Waals surface area (Å²) in [6.07, 6.45) is 0. The summed E-state index contributed by atoms with van der Waals surface area (Å²) in [5.74, 6) is 0.459. The van der Waals surface area contributed by atoms with Crippen molar-refractivity contribution in [3.63, 3.8) is 0 Å². The maximum atomic E-state index is 12.5. The third-order valence-corrected chi connectivity index (χ3v) is 4.88. The monoisotopic (exact) mass is 507 g/mol. The van der Waals surface area contributed by atoms with Crippen LogP contribution in [-0.4, -0.2) is 30.1 Å². The van der Waals surface area contributed by atoms with E-state index in [9.17, 15) is 9.59 Å². The van der Waals surface area contributed by atoms with E-state index in [1.807, 2.05) is 32.0 Å². The molecule has 0 spiro atoms. The summed E-state index contributed by atoms with van der Waals surface area (Å²) in [6, 6.07) is 11.0. The van der Waals surface area contributed by atoms with Crippen LogP contribution in [0.3, 0.4) is 0 Å². The zero-order chi connectivity index (χ0) is 23.0. The molecule has 7 nitrogen and oxygen atoms in total. The van der Waals surface area contributed by atoms with Crippen LogP contribution < -0.4 is 25.6 Å². The number of ether oxygens (including phenoxy) is 2. The molecule has 0 aliphatic rings. The van der Waals surface area contributed by atoms with Gasteiger partial charge in [0, 0.05) is 4.47 Å². The van der Waals surface area contributed by atoms with E-state index in [4.69, 9.17) is 21.7 Å². The number of amides is 2. The maximum absolute atomic E-state index is 12.5. The first-order chi connectivity index (χ1) is 14.7. The Morgan fingerprint density at radius 2 is 1.81 bits per heavy atom. The fraction of sp³-hybridized carbons (Fsp3) is 0.318. The lowest BCUT2D eigenvalue weighted by Gasteiger charge is -2.16. The van der Waals surface area contributed by atoms with E-state index >= 15 is 0 Å². The number of hydrogen-bond donors (Lipinski definition) is 3. The Labute approximate surface area is 196 Å². The van der Waals surface area contributed by atoms with E-state index in [1.54, 1.807) is 18.2 Å². The lowest BCUT2D eigenvalue weighted by molar-refractivity contribution is -0.123. The van der Waals surface area contributed by atoms with E-state index in [0.717, 1.165) is 15.6 Å². The molecule has 2 rings (SSSR count). The van der Waals surface area contributed by atoms with E-state index in [-0.39, 0.29) is 17.6 Å². The molecule has 2 aromatic carbocycles. The minimum Gasteiger partial charge on any atom is -0.493 e. The normalized spacial score (nSPS) is 10.4. The number of carbonyl (C=O) groups excluding carboxylic acids is 2. The zero-order valence-electron chi connectivity index (χ0n) is 17.9. The Morgan fingerprint density at radius 1 is 1.06 bits per heavy atom. The Kier molecular flexibility index (Phi) is 9.26. The largest absolute Gasteiger partial charge is 0.493 e. The number of benzene rings is 2. The number of nitrogens with one attached hydrogen (secondary N) is 3. The highest BCUT2D eigenvalue weighted by atomic mass is 79.9. The predicted molar refractivity (Wildman–Crippen MR) is 127 cm³/mol. The van der Waals surface area contributed by atoms with Crippen LogP contribution in [0.1, 0.15) is 48.2 Å². The molecule has 0 saturated carbocycles. The molecule has 2 amide bonds. The van der Waals surface area contributed by atoms with E-state index in [2.05, 4.69) is 45.9 Å². The van der Waals surface area contributed by atoms with Gasteiger partial charge in [-0.05, 0) is 67.4 Å². The van der Waals surface area contributed by atoms with Gasteiger partial charge in [0.15, 0.2) is 11.7 Å². The fourth-order valence-corrected chi connectivity index (χ4v) is 3.22. The lowest BCUT2D eigenvalue weighted by Crippen LogP contribution is -2.49. The molecule has 2 aromatic rings. The Morgan fingerprint density at radius 3 is 2.48 bits per heavy atom. The van der Waals surface area contributed by atoms with Crippen LogP contribution in [0.15, 0.2) is 40.9 Å². The second kappa shape index (κ2) is 11.7. The summed E-state index contributed by atoms with van der Waals surface area (Å²) in [6.45, 7) is 8.12. The highest BCUT2D eigenvalue weighted by Gasteiger charge is 2.15. The highest BCUT2D eigenvalue weighted by Crippen LogP contribution is 2.27. The van der Waals surface area contributed by atoms with Gasteiger partial charge in [0.2, 0.25) is 0 Å². The van der Waals surface area contributed by atoms with E-state index in [1.165, 1.54) is 0 Å². The summed E-state index contributed by atoms with van der Waals surface area (Å²) in [5.41, 5.74) is 7.29. The quantitative estimate of drug-likeness (QED) is 0.387. The van der Waals surface area contributed by atoms with Crippen molar-refractivity contribution in [2.45, 2.75) is 33.6 Å². The van der Waals surface area contributed by atoms with Crippen LogP contribution in [0.2, 0.25) is 0 Å². The molecule has 166 valence electrons. The van der Waals surface area contributed by atoms with Gasteiger partial charge in [0.1, 0.15) is 11.5 Å². The van der Waals surface area contributed by atoms with Crippen LogP contribution >= 0.6 is 28.1 Å². The van der Waals surface area contributed by atoms with Crippen LogP contribution in [0.4, 0.5) is 0 Å². The van der Waals surface area contributed by atoms with Gasteiger partial charge in [0.05, 0.1) is 12.2 Å². The van der Waals surface area contributed by atoms with Crippen LogP contribution in [-0.2, 0) is 4.79 Å². The molecule has 0 aliphatic carbocycles. The van der Waals surface area contributed by atoms with Crippen molar-refractivity contribution in [3.05, 3.63) is 57.6 Å². The number of aryl methyl sites for hydroxylation is 1. The Balaban J connectivity index is 1.88. The van der Waals surface area contributed by atoms with Gasteiger partial charge in [0.25, 0.3) is 11.8 Å². The number of rotatable bonds is 7. The smallest absolute Gasteiger partial charge is 0.276 e. The topological polar surface area (TPSA) is 88.7 Å². The Hall–Kier alpha value is -2.65. The number of hydrogen-bond acceptors (Lipinski definition) is 5.